The van der Waals surface area contributed by atoms with E-state index in [1.165, 1.54) is 0 Å². The van der Waals surface area contributed by atoms with Gasteiger partial charge in [0.2, 0.25) is 11.8 Å². The van der Waals surface area contributed by atoms with Crippen LogP contribution in [-0.2, 0) is 9.59 Å². The number of nitrogens with zero attached hydrogens (tertiary/aromatic N) is 2. The second-order valence-corrected chi connectivity index (χ2v) is 7.50. The molecular weight excluding hydrogens is 398 g/mol. The van der Waals surface area contributed by atoms with Crippen LogP contribution in [0.1, 0.15) is 42.8 Å². The van der Waals surface area contributed by atoms with E-state index in [0.29, 0.717) is 12.3 Å². The van der Waals surface area contributed by atoms with E-state index in [2.05, 4.69) is 26.4 Å². The van der Waals surface area contributed by atoms with Crippen molar-refractivity contribution in [2.75, 3.05) is 11.4 Å². The second kappa shape index (κ2) is 7.61. The van der Waals surface area contributed by atoms with Crippen molar-refractivity contribution >= 4 is 33.4 Å². The van der Waals surface area contributed by atoms with Gasteiger partial charge in [-0.25, -0.2) is 0 Å². The average molecular weight is 420 g/mol. The van der Waals surface area contributed by atoms with Crippen LogP contribution in [0.2, 0.25) is 0 Å². The van der Waals surface area contributed by atoms with Crippen molar-refractivity contribution in [3.63, 3.8) is 0 Å². The van der Waals surface area contributed by atoms with Gasteiger partial charge in [-0.2, -0.15) is 0 Å². The molecule has 3 rings (SSSR count). The van der Waals surface area contributed by atoms with Crippen molar-refractivity contribution in [3.8, 4) is 0 Å². The van der Waals surface area contributed by atoms with Crippen molar-refractivity contribution in [2.45, 2.75) is 39.7 Å². The van der Waals surface area contributed by atoms with Gasteiger partial charge in [-0.15, -0.1) is 0 Å². The van der Waals surface area contributed by atoms with E-state index >= 15 is 0 Å². The van der Waals surface area contributed by atoms with Gasteiger partial charge in [0.05, 0.1) is 17.7 Å². The van der Waals surface area contributed by atoms with E-state index in [1.807, 2.05) is 45.0 Å². The Morgan fingerprint density at radius 2 is 2.08 bits per heavy atom. The number of carbonyl (C=O) groups is 2. The lowest BCUT2D eigenvalue weighted by Gasteiger charge is -2.20. The fourth-order valence-electron chi connectivity index (χ4n) is 3.41. The van der Waals surface area contributed by atoms with E-state index in [9.17, 15) is 9.59 Å². The van der Waals surface area contributed by atoms with Crippen molar-refractivity contribution in [1.82, 2.24) is 10.5 Å². The number of carbonyl (C=O) groups excluding carboxylic acids is 2. The standard InChI is InChI=1S/C19H22BrN3O3/c1-4-16(18-11(2)22-26-12(18)3)21-19(25)13-9-17(24)23(10-13)15-7-5-14(20)6-8-15/h5-8,13,16H,4,9-10H2,1-3H3,(H,21,25). The number of hydrogen-bond donors (Lipinski definition) is 1. The average Bonchev–Trinajstić information content (AvgIpc) is 3.16. The summed E-state index contributed by atoms with van der Waals surface area (Å²) in [5, 5.41) is 7.04. The number of nitrogens with one attached hydrogen (secondary N) is 1. The molecule has 1 aliphatic rings. The van der Waals surface area contributed by atoms with Gasteiger partial charge in [-0.1, -0.05) is 28.0 Å². The molecule has 0 saturated carbocycles. The minimum atomic E-state index is -0.360. The Morgan fingerprint density at radius 1 is 1.38 bits per heavy atom. The molecule has 1 aromatic carbocycles. The maximum absolute atomic E-state index is 12.8. The van der Waals surface area contributed by atoms with Crippen LogP contribution in [0.3, 0.4) is 0 Å². The van der Waals surface area contributed by atoms with Gasteiger partial charge in [0.15, 0.2) is 0 Å². The topological polar surface area (TPSA) is 75.4 Å². The maximum Gasteiger partial charge on any atom is 0.227 e. The van der Waals surface area contributed by atoms with Gasteiger partial charge in [0, 0.05) is 28.7 Å². The van der Waals surface area contributed by atoms with Gasteiger partial charge in [0.1, 0.15) is 5.76 Å². The zero-order chi connectivity index (χ0) is 18.8. The van der Waals surface area contributed by atoms with Crippen molar-refractivity contribution < 1.29 is 14.1 Å². The normalized spacial score (nSPS) is 18.2. The molecule has 7 heteroatoms. The van der Waals surface area contributed by atoms with Crippen LogP contribution in [0.25, 0.3) is 0 Å². The first-order valence-electron chi connectivity index (χ1n) is 8.69. The summed E-state index contributed by atoms with van der Waals surface area (Å²) < 4.78 is 6.17. The van der Waals surface area contributed by atoms with Crippen LogP contribution in [0.15, 0.2) is 33.3 Å². The van der Waals surface area contributed by atoms with Crippen LogP contribution in [0.5, 0.6) is 0 Å². The summed E-state index contributed by atoms with van der Waals surface area (Å²) in [5.74, 6) is 0.219. The summed E-state index contributed by atoms with van der Waals surface area (Å²) in [6, 6.07) is 7.37. The van der Waals surface area contributed by atoms with Crippen molar-refractivity contribution in [2.24, 2.45) is 5.92 Å². The number of anilines is 1. The summed E-state index contributed by atoms with van der Waals surface area (Å²) in [5.41, 5.74) is 2.52. The minimum absolute atomic E-state index is 0.0298. The van der Waals surface area contributed by atoms with Crippen molar-refractivity contribution in [3.05, 3.63) is 45.8 Å². The third kappa shape index (κ3) is 3.67. The van der Waals surface area contributed by atoms with Crippen LogP contribution in [0.4, 0.5) is 5.69 Å². The molecule has 1 saturated heterocycles. The first-order valence-corrected chi connectivity index (χ1v) is 9.49. The molecule has 26 heavy (non-hydrogen) atoms. The van der Waals surface area contributed by atoms with Crippen LogP contribution < -0.4 is 10.2 Å². The fourth-order valence-corrected chi connectivity index (χ4v) is 3.67. The number of halogens is 1. The quantitative estimate of drug-likeness (QED) is 0.801. The van der Waals surface area contributed by atoms with Crippen molar-refractivity contribution in [1.29, 1.82) is 0 Å². The molecule has 6 nitrogen and oxygen atoms in total. The number of hydrogen-bond acceptors (Lipinski definition) is 4. The molecule has 1 fully saturated rings. The monoisotopic (exact) mass is 419 g/mol. The molecule has 2 aromatic rings. The molecule has 0 aliphatic carbocycles. The highest BCUT2D eigenvalue weighted by Gasteiger charge is 2.36. The minimum Gasteiger partial charge on any atom is -0.361 e. The smallest absolute Gasteiger partial charge is 0.227 e. The Balaban J connectivity index is 1.70. The van der Waals surface area contributed by atoms with Gasteiger partial charge >= 0.3 is 0 Å². The molecule has 1 aromatic heterocycles. The summed E-state index contributed by atoms with van der Waals surface area (Å²) in [6.07, 6.45) is 0.950. The maximum atomic E-state index is 12.8. The number of amides is 2. The summed E-state index contributed by atoms with van der Waals surface area (Å²) in [6.45, 7) is 6.11. The molecule has 2 unspecified atom stereocenters. The molecule has 0 spiro atoms. The SMILES string of the molecule is CCC(NC(=O)C1CC(=O)N(c2ccc(Br)cc2)C1)c1c(C)noc1C. The van der Waals surface area contributed by atoms with Gasteiger partial charge in [-0.3, -0.25) is 9.59 Å². The van der Waals surface area contributed by atoms with E-state index in [4.69, 9.17) is 4.52 Å². The van der Waals surface area contributed by atoms with Crippen LogP contribution >= 0.6 is 15.9 Å². The first-order chi connectivity index (χ1) is 12.4. The molecular formula is C19H22BrN3O3. The molecule has 2 amide bonds. The summed E-state index contributed by atoms with van der Waals surface area (Å²) in [4.78, 5) is 26.8. The lowest BCUT2D eigenvalue weighted by Crippen LogP contribution is -2.35. The van der Waals surface area contributed by atoms with Gasteiger partial charge < -0.3 is 14.7 Å². The highest BCUT2D eigenvalue weighted by atomic mass is 79.9. The molecule has 2 heterocycles. The number of aromatic nitrogens is 1. The van der Waals surface area contributed by atoms with E-state index in [0.717, 1.165) is 27.8 Å². The lowest BCUT2D eigenvalue weighted by atomic mass is 10.0. The van der Waals surface area contributed by atoms with E-state index < -0.39 is 0 Å². The Bertz CT molecular complexity index is 796. The molecule has 138 valence electrons. The predicted octanol–water partition coefficient (Wildman–Crippen LogP) is 3.67. The first kappa shape index (κ1) is 18.6. The Morgan fingerprint density at radius 3 is 2.65 bits per heavy atom. The summed E-state index contributed by atoms with van der Waals surface area (Å²) in [7, 11) is 0. The van der Waals surface area contributed by atoms with Crippen LogP contribution in [-0.4, -0.2) is 23.5 Å². The highest BCUT2D eigenvalue weighted by Crippen LogP contribution is 2.28. The fraction of sp³-hybridized carbons (Fsp3) is 0.421. The number of aryl methyl sites for hydroxylation is 2. The van der Waals surface area contributed by atoms with Gasteiger partial charge in [0.25, 0.3) is 0 Å². The molecule has 2 atom stereocenters. The second-order valence-electron chi connectivity index (χ2n) is 6.59. The van der Waals surface area contributed by atoms with E-state index in [-0.39, 0.29) is 30.2 Å². The summed E-state index contributed by atoms with van der Waals surface area (Å²) >= 11 is 3.39. The Labute approximate surface area is 161 Å². The molecule has 1 N–H and O–H groups in total. The number of rotatable bonds is 5. The Kier molecular flexibility index (Phi) is 5.46. The van der Waals surface area contributed by atoms with Gasteiger partial charge in [-0.05, 0) is 44.5 Å². The molecule has 0 radical (unpaired) electrons. The molecule has 0 bridgehead atoms. The predicted molar refractivity (Wildman–Crippen MR) is 102 cm³/mol. The zero-order valence-electron chi connectivity index (χ0n) is 15.1. The number of benzene rings is 1. The Hall–Kier alpha value is -2.15. The van der Waals surface area contributed by atoms with Crippen LogP contribution in [0, 0.1) is 19.8 Å². The zero-order valence-corrected chi connectivity index (χ0v) is 16.7. The third-order valence-corrected chi connectivity index (χ3v) is 5.32. The molecule has 1 aliphatic heterocycles. The largest absolute Gasteiger partial charge is 0.361 e. The highest BCUT2D eigenvalue weighted by molar-refractivity contribution is 9.10. The lowest BCUT2D eigenvalue weighted by molar-refractivity contribution is -0.127. The third-order valence-electron chi connectivity index (χ3n) is 4.80. The van der Waals surface area contributed by atoms with E-state index in [1.54, 1.807) is 4.90 Å².